The SMILES string of the molecule is Nc1ccc(S(=O)CC(=O)Nc2ccccc2F)c(Cl)c1. The van der Waals surface area contributed by atoms with Crippen molar-refractivity contribution in [3.8, 4) is 0 Å². The Morgan fingerprint density at radius 2 is 2.00 bits per heavy atom. The lowest BCUT2D eigenvalue weighted by Crippen LogP contribution is -2.20. The highest BCUT2D eigenvalue weighted by Gasteiger charge is 2.14. The molecule has 0 saturated heterocycles. The number of hydrogen-bond acceptors (Lipinski definition) is 3. The summed E-state index contributed by atoms with van der Waals surface area (Å²) >= 11 is 5.93. The van der Waals surface area contributed by atoms with Crippen molar-refractivity contribution in [1.82, 2.24) is 0 Å². The molecule has 1 atom stereocenters. The van der Waals surface area contributed by atoms with E-state index in [9.17, 15) is 13.4 Å². The van der Waals surface area contributed by atoms with Gasteiger partial charge in [-0.05, 0) is 30.3 Å². The Bertz CT molecular complexity index is 709. The molecule has 1 unspecified atom stereocenters. The molecule has 7 heteroatoms. The van der Waals surface area contributed by atoms with Gasteiger partial charge in [0.2, 0.25) is 5.91 Å². The minimum Gasteiger partial charge on any atom is -0.399 e. The number of hydrogen-bond donors (Lipinski definition) is 2. The van der Waals surface area contributed by atoms with Crippen LogP contribution in [0.3, 0.4) is 0 Å². The Kier molecular flexibility index (Phi) is 4.93. The van der Waals surface area contributed by atoms with Crippen LogP contribution in [0.15, 0.2) is 47.4 Å². The zero-order valence-electron chi connectivity index (χ0n) is 10.8. The zero-order valence-corrected chi connectivity index (χ0v) is 12.4. The number of carbonyl (C=O) groups excluding carboxylic acids is 1. The summed E-state index contributed by atoms with van der Waals surface area (Å²) in [5.74, 6) is -1.44. The molecule has 0 aliphatic rings. The molecule has 0 aromatic heterocycles. The van der Waals surface area contributed by atoms with Crippen molar-refractivity contribution in [1.29, 1.82) is 0 Å². The number of anilines is 2. The van der Waals surface area contributed by atoms with Gasteiger partial charge in [0.1, 0.15) is 11.6 Å². The van der Waals surface area contributed by atoms with Gasteiger partial charge in [0.25, 0.3) is 0 Å². The third-order valence-corrected chi connectivity index (χ3v) is 4.41. The van der Waals surface area contributed by atoms with Crippen molar-refractivity contribution in [2.45, 2.75) is 4.90 Å². The third kappa shape index (κ3) is 4.03. The topological polar surface area (TPSA) is 72.2 Å². The smallest absolute Gasteiger partial charge is 0.237 e. The molecule has 21 heavy (non-hydrogen) atoms. The van der Waals surface area contributed by atoms with E-state index in [0.717, 1.165) is 0 Å². The summed E-state index contributed by atoms with van der Waals surface area (Å²) in [4.78, 5) is 12.1. The van der Waals surface area contributed by atoms with E-state index in [1.54, 1.807) is 12.1 Å². The summed E-state index contributed by atoms with van der Waals surface area (Å²) in [6.07, 6.45) is 0. The van der Waals surface area contributed by atoms with E-state index in [4.69, 9.17) is 17.3 Å². The molecular weight excluding hydrogens is 315 g/mol. The van der Waals surface area contributed by atoms with Crippen molar-refractivity contribution >= 4 is 39.7 Å². The molecule has 0 bridgehead atoms. The monoisotopic (exact) mass is 326 g/mol. The van der Waals surface area contributed by atoms with Crippen LogP contribution in [0.1, 0.15) is 0 Å². The van der Waals surface area contributed by atoms with E-state index in [2.05, 4.69) is 5.32 Å². The predicted molar refractivity (Wildman–Crippen MR) is 82.2 cm³/mol. The molecule has 1 amide bonds. The van der Waals surface area contributed by atoms with Crippen LogP contribution in [0.5, 0.6) is 0 Å². The first-order valence-electron chi connectivity index (χ1n) is 5.95. The highest BCUT2D eigenvalue weighted by atomic mass is 35.5. The fourth-order valence-electron chi connectivity index (χ4n) is 1.65. The largest absolute Gasteiger partial charge is 0.399 e. The molecule has 0 aliphatic heterocycles. The molecule has 2 aromatic rings. The maximum Gasteiger partial charge on any atom is 0.237 e. The first kappa shape index (κ1) is 15.5. The summed E-state index contributed by atoms with van der Waals surface area (Å²) in [6, 6.07) is 10.3. The van der Waals surface area contributed by atoms with Gasteiger partial charge in [-0.15, -0.1) is 0 Å². The number of halogens is 2. The molecule has 2 rings (SSSR count). The molecule has 0 radical (unpaired) electrons. The summed E-state index contributed by atoms with van der Waals surface area (Å²) in [5.41, 5.74) is 6.03. The van der Waals surface area contributed by atoms with Gasteiger partial charge in [0.15, 0.2) is 0 Å². The average molecular weight is 327 g/mol. The van der Waals surface area contributed by atoms with Gasteiger partial charge in [-0.2, -0.15) is 0 Å². The van der Waals surface area contributed by atoms with Crippen molar-refractivity contribution < 1.29 is 13.4 Å². The number of nitrogen functional groups attached to an aromatic ring is 1. The Labute approximate surface area is 128 Å². The normalized spacial score (nSPS) is 11.9. The predicted octanol–water partition coefficient (Wildman–Crippen LogP) is 2.81. The average Bonchev–Trinajstić information content (AvgIpc) is 2.41. The standard InChI is InChI=1S/C14H12ClFN2O2S/c15-10-7-9(17)5-6-13(10)21(20)8-14(19)18-12-4-2-1-3-11(12)16/h1-7H,8,17H2,(H,18,19). The Morgan fingerprint density at radius 3 is 2.67 bits per heavy atom. The van der Waals surface area contributed by atoms with Gasteiger partial charge >= 0.3 is 0 Å². The van der Waals surface area contributed by atoms with E-state index in [1.807, 2.05) is 0 Å². The van der Waals surface area contributed by atoms with E-state index in [0.29, 0.717) is 10.6 Å². The van der Waals surface area contributed by atoms with Crippen molar-refractivity contribution in [2.75, 3.05) is 16.8 Å². The van der Waals surface area contributed by atoms with E-state index >= 15 is 0 Å². The van der Waals surface area contributed by atoms with Gasteiger partial charge < -0.3 is 11.1 Å². The molecular formula is C14H12ClFN2O2S. The van der Waals surface area contributed by atoms with Crippen LogP contribution in [0, 0.1) is 5.82 Å². The molecule has 0 spiro atoms. The van der Waals surface area contributed by atoms with Gasteiger partial charge in [0.05, 0.1) is 26.4 Å². The Hall–Kier alpha value is -1.92. The van der Waals surface area contributed by atoms with Crippen LogP contribution in [0.25, 0.3) is 0 Å². The molecule has 0 heterocycles. The molecule has 2 aromatic carbocycles. The van der Waals surface area contributed by atoms with Crippen LogP contribution in [-0.4, -0.2) is 15.9 Å². The number of nitrogens with two attached hydrogens (primary N) is 1. The summed E-state index contributed by atoms with van der Waals surface area (Å²) in [5, 5.41) is 2.60. The van der Waals surface area contributed by atoms with Crippen LogP contribution >= 0.6 is 11.6 Å². The van der Waals surface area contributed by atoms with Crippen molar-refractivity contribution in [3.63, 3.8) is 0 Å². The van der Waals surface area contributed by atoms with Crippen LogP contribution in [0.4, 0.5) is 15.8 Å². The molecule has 3 N–H and O–H groups in total. The molecule has 0 fully saturated rings. The Morgan fingerprint density at radius 1 is 1.29 bits per heavy atom. The van der Waals surface area contributed by atoms with Crippen LogP contribution < -0.4 is 11.1 Å². The van der Waals surface area contributed by atoms with E-state index < -0.39 is 22.5 Å². The first-order chi connectivity index (χ1) is 9.97. The van der Waals surface area contributed by atoms with Crippen LogP contribution in [0.2, 0.25) is 5.02 Å². The maximum absolute atomic E-state index is 13.4. The highest BCUT2D eigenvalue weighted by Crippen LogP contribution is 2.22. The quantitative estimate of drug-likeness (QED) is 0.849. The minimum absolute atomic E-state index is 0.0444. The lowest BCUT2D eigenvalue weighted by molar-refractivity contribution is -0.113. The third-order valence-electron chi connectivity index (χ3n) is 2.61. The number of para-hydroxylation sites is 1. The second-order valence-corrected chi connectivity index (χ2v) is 6.03. The number of rotatable bonds is 4. The maximum atomic E-state index is 13.4. The summed E-state index contributed by atoms with van der Waals surface area (Å²) in [6.45, 7) is 0. The number of nitrogens with one attached hydrogen (secondary N) is 1. The lowest BCUT2D eigenvalue weighted by atomic mass is 10.3. The van der Waals surface area contributed by atoms with Gasteiger partial charge in [0, 0.05) is 5.69 Å². The van der Waals surface area contributed by atoms with E-state index in [-0.39, 0.29) is 16.5 Å². The highest BCUT2D eigenvalue weighted by molar-refractivity contribution is 7.86. The molecule has 4 nitrogen and oxygen atoms in total. The number of carbonyl (C=O) groups is 1. The summed E-state index contributed by atoms with van der Waals surface area (Å²) in [7, 11) is -1.64. The lowest BCUT2D eigenvalue weighted by Gasteiger charge is -2.07. The second kappa shape index (κ2) is 6.69. The van der Waals surface area contributed by atoms with E-state index in [1.165, 1.54) is 30.3 Å². The second-order valence-electron chi connectivity index (χ2n) is 4.21. The van der Waals surface area contributed by atoms with Gasteiger partial charge in [-0.1, -0.05) is 23.7 Å². The molecule has 0 aliphatic carbocycles. The minimum atomic E-state index is -1.64. The van der Waals surface area contributed by atoms with Crippen molar-refractivity contribution in [3.05, 3.63) is 53.3 Å². The molecule has 0 saturated carbocycles. The van der Waals surface area contributed by atoms with Crippen LogP contribution in [-0.2, 0) is 15.6 Å². The fraction of sp³-hybridized carbons (Fsp3) is 0.0714. The summed E-state index contributed by atoms with van der Waals surface area (Å²) < 4.78 is 25.5. The first-order valence-corrected chi connectivity index (χ1v) is 7.65. The van der Waals surface area contributed by atoms with Gasteiger partial charge in [-0.3, -0.25) is 9.00 Å². The zero-order chi connectivity index (χ0) is 15.4. The molecule has 110 valence electrons. The Balaban J connectivity index is 2.06. The van der Waals surface area contributed by atoms with Crippen molar-refractivity contribution in [2.24, 2.45) is 0 Å². The fourth-order valence-corrected chi connectivity index (χ4v) is 3.06. The number of benzene rings is 2. The van der Waals surface area contributed by atoms with Gasteiger partial charge in [-0.25, -0.2) is 4.39 Å². The number of amides is 1.